The lowest BCUT2D eigenvalue weighted by Gasteiger charge is -2.26. The molecule has 8 atom stereocenters. The highest BCUT2D eigenvalue weighted by atomic mass is 16.5. The van der Waals surface area contributed by atoms with E-state index in [1.165, 1.54) is 109 Å². The van der Waals surface area contributed by atoms with Gasteiger partial charge in [0.15, 0.2) is 0 Å². The molecule has 2 fully saturated rings. The van der Waals surface area contributed by atoms with Gasteiger partial charge in [-0.2, -0.15) is 0 Å². The average Bonchev–Trinajstić information content (AvgIpc) is 4.14. The summed E-state index contributed by atoms with van der Waals surface area (Å²) in [4.78, 5) is 0. The molecule has 0 N–H and O–H groups in total. The van der Waals surface area contributed by atoms with Crippen LogP contribution < -0.4 is 0 Å². The molecule has 414 valence electrons. The van der Waals surface area contributed by atoms with Gasteiger partial charge < -0.3 is 9.47 Å². The van der Waals surface area contributed by atoms with Gasteiger partial charge in [-0.3, -0.25) is 0 Å². The van der Waals surface area contributed by atoms with Crippen molar-refractivity contribution < 1.29 is 9.47 Å². The van der Waals surface area contributed by atoms with Gasteiger partial charge in [0.1, 0.15) is 0 Å². The molecule has 0 amide bonds. The fourth-order valence-electron chi connectivity index (χ4n) is 8.97. The molecule has 0 bridgehead atoms. The van der Waals surface area contributed by atoms with Crippen LogP contribution in [0.3, 0.4) is 0 Å². The Morgan fingerprint density at radius 1 is 0.353 bits per heavy atom. The molecule has 68 heavy (non-hydrogen) atoms. The Hall–Kier alpha value is -0.0800. The first-order valence-corrected chi connectivity index (χ1v) is 30.6. The van der Waals surface area contributed by atoms with Crippen LogP contribution in [0, 0.1) is 112 Å². The minimum atomic E-state index is 0.561. The quantitative estimate of drug-likeness (QED) is 0.0610. The van der Waals surface area contributed by atoms with Gasteiger partial charge in [-0.1, -0.05) is 212 Å². The van der Waals surface area contributed by atoms with E-state index in [2.05, 4.69) is 180 Å². The third-order valence-corrected chi connectivity index (χ3v) is 16.0. The van der Waals surface area contributed by atoms with E-state index in [-0.39, 0.29) is 0 Å². The Balaban J connectivity index is -0.000000777. The minimum Gasteiger partial charge on any atom is -0.381 e. The van der Waals surface area contributed by atoms with Crippen LogP contribution in [0.2, 0.25) is 0 Å². The van der Waals surface area contributed by atoms with Gasteiger partial charge in [-0.25, -0.2) is 0 Å². The lowest BCUT2D eigenvalue weighted by molar-refractivity contribution is 0.0854. The first-order chi connectivity index (χ1) is 31.4. The molecule has 2 heteroatoms. The first-order valence-electron chi connectivity index (χ1n) is 30.6. The van der Waals surface area contributed by atoms with Crippen LogP contribution in [-0.2, 0) is 9.47 Å². The lowest BCUT2D eigenvalue weighted by atomic mass is 9.79. The summed E-state index contributed by atoms with van der Waals surface area (Å²) in [6.07, 6.45) is 23.9. The molecule has 2 nitrogen and oxygen atoms in total. The summed E-state index contributed by atoms with van der Waals surface area (Å²) in [6.45, 7) is 64.1. The van der Waals surface area contributed by atoms with Crippen molar-refractivity contribution in [3.63, 3.8) is 0 Å². The largest absolute Gasteiger partial charge is 0.381 e. The molecule has 6 unspecified atom stereocenters. The van der Waals surface area contributed by atoms with Crippen molar-refractivity contribution in [1.29, 1.82) is 0 Å². The van der Waals surface area contributed by atoms with Gasteiger partial charge in [0.05, 0.1) is 0 Å². The summed E-state index contributed by atoms with van der Waals surface area (Å²) < 4.78 is 11.2. The summed E-state index contributed by atoms with van der Waals surface area (Å²) in [6, 6.07) is 0. The second-order valence-corrected chi connectivity index (χ2v) is 28.4. The molecular weight excluding hydrogens is 825 g/mol. The normalized spacial score (nSPS) is 19.8. The Bertz CT molecular complexity index is 981. The number of unbranched alkanes of at least 4 members (excludes halogenated alkanes) is 1. The lowest BCUT2D eigenvalue weighted by Crippen LogP contribution is -2.14. The van der Waals surface area contributed by atoms with Gasteiger partial charge in [0, 0.05) is 26.4 Å². The van der Waals surface area contributed by atoms with Crippen molar-refractivity contribution >= 4 is 0 Å². The second kappa shape index (κ2) is 42.3. The zero-order valence-electron chi connectivity index (χ0n) is 52.6. The van der Waals surface area contributed by atoms with E-state index in [1.54, 1.807) is 0 Å². The van der Waals surface area contributed by atoms with Crippen LogP contribution in [0.4, 0.5) is 0 Å². The van der Waals surface area contributed by atoms with Crippen molar-refractivity contribution in [2.75, 3.05) is 26.4 Å². The maximum Gasteiger partial charge on any atom is 0.0494 e. The zero-order chi connectivity index (χ0) is 53.2. The monoisotopic (exact) mass is 963 g/mol. The number of hydrogen-bond donors (Lipinski definition) is 0. The van der Waals surface area contributed by atoms with Crippen LogP contribution in [0.1, 0.15) is 289 Å². The van der Waals surface area contributed by atoms with Crippen LogP contribution >= 0.6 is 0 Å². The molecule has 0 aromatic heterocycles. The van der Waals surface area contributed by atoms with Gasteiger partial charge in [-0.15, -0.1) is 0 Å². The third-order valence-electron chi connectivity index (χ3n) is 16.0. The van der Waals surface area contributed by atoms with E-state index in [0.29, 0.717) is 17.3 Å². The molecule has 0 spiro atoms. The summed E-state index contributed by atoms with van der Waals surface area (Å²) in [7, 11) is 0. The van der Waals surface area contributed by atoms with Crippen LogP contribution in [0.5, 0.6) is 0 Å². The molecule has 2 rings (SSSR count). The maximum atomic E-state index is 5.61. The van der Waals surface area contributed by atoms with Gasteiger partial charge in [0.25, 0.3) is 0 Å². The van der Waals surface area contributed by atoms with Crippen molar-refractivity contribution in [3.8, 4) is 0 Å². The molecular formula is C66H138O2. The summed E-state index contributed by atoms with van der Waals surface area (Å²) in [5.41, 5.74) is 0.561. The summed E-state index contributed by atoms with van der Waals surface area (Å²) >= 11 is 0. The van der Waals surface area contributed by atoms with E-state index in [9.17, 15) is 0 Å². The molecule has 0 aliphatic heterocycles. The fraction of sp³-hybridized carbons (Fsp3) is 1.00. The van der Waals surface area contributed by atoms with E-state index >= 15 is 0 Å². The Morgan fingerprint density at radius 2 is 0.662 bits per heavy atom. The molecule has 0 radical (unpaired) electrons. The Kier molecular flexibility index (Phi) is 44.9. The Labute approximate surface area is 435 Å². The highest BCUT2D eigenvalue weighted by molar-refractivity contribution is 4.88. The van der Waals surface area contributed by atoms with E-state index in [0.717, 1.165) is 121 Å². The van der Waals surface area contributed by atoms with E-state index in [4.69, 9.17) is 9.47 Å². The zero-order valence-corrected chi connectivity index (χ0v) is 52.6. The molecule has 0 aromatic carbocycles. The van der Waals surface area contributed by atoms with E-state index < -0.39 is 0 Å². The van der Waals surface area contributed by atoms with Gasteiger partial charge in [0.2, 0.25) is 0 Å². The van der Waals surface area contributed by atoms with Crippen LogP contribution in [0.25, 0.3) is 0 Å². The molecule has 0 saturated heterocycles. The highest BCUT2D eigenvalue weighted by Crippen LogP contribution is 2.48. The van der Waals surface area contributed by atoms with Crippen molar-refractivity contribution in [1.82, 2.24) is 0 Å². The van der Waals surface area contributed by atoms with Gasteiger partial charge in [-0.05, 0) is 189 Å². The molecule has 2 saturated carbocycles. The van der Waals surface area contributed by atoms with Gasteiger partial charge >= 0.3 is 0 Å². The number of rotatable bonds is 33. The summed E-state index contributed by atoms with van der Waals surface area (Å²) in [5.74, 6) is 16.0. The smallest absolute Gasteiger partial charge is 0.0494 e. The SMILES string of the molecule is CC(C)CCC1CC1CC(C)C(C)C.CC(C)CCC1CC1C[C@@H](C)C(C)C.CC(C)CCCCC(C)(C)CC(C)C.CC(C)CCCOCC(C)C(C)C.CC(C)CCCOC[C@@H](C)C(C)C. The van der Waals surface area contributed by atoms with Crippen molar-refractivity contribution in [2.45, 2.75) is 289 Å². The highest BCUT2D eigenvalue weighted by Gasteiger charge is 2.38. The molecule has 2 aliphatic carbocycles. The Morgan fingerprint density at radius 3 is 0.941 bits per heavy atom. The summed E-state index contributed by atoms with van der Waals surface area (Å²) in [5, 5.41) is 0. The predicted octanol–water partition coefficient (Wildman–Crippen LogP) is 22.2. The topological polar surface area (TPSA) is 18.5 Å². The maximum absolute atomic E-state index is 5.61. The van der Waals surface area contributed by atoms with Crippen LogP contribution in [-0.4, -0.2) is 26.4 Å². The number of hydrogen-bond acceptors (Lipinski definition) is 2. The third kappa shape index (κ3) is 49.5. The average molecular weight is 964 g/mol. The molecule has 2 aliphatic rings. The van der Waals surface area contributed by atoms with Crippen LogP contribution in [0.15, 0.2) is 0 Å². The predicted molar refractivity (Wildman–Crippen MR) is 313 cm³/mol. The van der Waals surface area contributed by atoms with Crippen molar-refractivity contribution in [2.24, 2.45) is 112 Å². The fourth-order valence-corrected chi connectivity index (χ4v) is 8.97. The van der Waals surface area contributed by atoms with Crippen molar-refractivity contribution in [3.05, 3.63) is 0 Å². The molecule has 0 aromatic rings. The first kappa shape index (κ1) is 72.2. The minimum absolute atomic E-state index is 0.561. The number of ether oxygens (including phenoxy) is 2. The molecule has 0 heterocycles. The standard InChI is InChI=1S/2C14H28.C14H30.2C12H26O/c2*1-10(2)6-7-13-9-14(13)8-12(5)11(3)4;1-12(2)9-7-8-10-14(5,6)11-13(3)4;2*1-10(2)7-6-8-13-9-12(5)11(3)4/h2*10-14H,6-9H2,1-5H3;12-13H,7-11H2,1-6H3;2*10-12H,6-9H2,1-5H3/t12-,13?,14?;;;12-;/m1..1./s1. The second-order valence-electron chi connectivity index (χ2n) is 28.4. The van der Waals surface area contributed by atoms with E-state index in [1.807, 2.05) is 0 Å².